The molecule has 0 aliphatic carbocycles. The minimum atomic E-state index is -0.0183. The summed E-state index contributed by atoms with van der Waals surface area (Å²) in [6, 6.07) is 10.3. The summed E-state index contributed by atoms with van der Waals surface area (Å²) in [6.45, 7) is 4.94. The Morgan fingerprint density at radius 3 is 2.75 bits per heavy atom. The van der Waals surface area contributed by atoms with Gasteiger partial charge in [-0.2, -0.15) is 0 Å². The number of rotatable bonds is 6. The number of nitrogens with zero attached hydrogens (tertiary/aromatic N) is 2. The minimum absolute atomic E-state index is 0.0183. The molecule has 0 radical (unpaired) electrons. The average molecular weight is 333 g/mol. The first-order valence-corrected chi connectivity index (χ1v) is 8.88. The molecule has 0 bridgehead atoms. The van der Waals surface area contributed by atoms with Crippen molar-refractivity contribution in [2.75, 3.05) is 40.3 Å². The number of carbonyl (C=O) groups excluding carboxylic acids is 1. The predicted molar refractivity (Wildman–Crippen MR) is 97.1 cm³/mol. The highest BCUT2D eigenvalue weighted by molar-refractivity contribution is 5.74. The summed E-state index contributed by atoms with van der Waals surface area (Å²) in [5.74, 6) is 0.616. The van der Waals surface area contributed by atoms with Gasteiger partial charge < -0.3 is 20.2 Å². The van der Waals surface area contributed by atoms with E-state index in [1.165, 1.54) is 0 Å². The van der Waals surface area contributed by atoms with Crippen LogP contribution in [0.2, 0.25) is 0 Å². The van der Waals surface area contributed by atoms with E-state index in [1.54, 1.807) is 0 Å². The Morgan fingerprint density at radius 1 is 1.42 bits per heavy atom. The second-order valence-corrected chi connectivity index (χ2v) is 7.01. The topological polar surface area (TPSA) is 55.8 Å². The number of amides is 2. The van der Waals surface area contributed by atoms with Gasteiger partial charge in [-0.1, -0.05) is 37.3 Å². The largest absolute Gasteiger partial charge is 0.396 e. The van der Waals surface area contributed by atoms with Crippen LogP contribution < -0.4 is 5.32 Å². The molecule has 24 heavy (non-hydrogen) atoms. The van der Waals surface area contributed by atoms with Crippen molar-refractivity contribution in [3.63, 3.8) is 0 Å². The lowest BCUT2D eigenvalue weighted by atomic mass is 9.93. The zero-order chi connectivity index (χ0) is 17.5. The van der Waals surface area contributed by atoms with Crippen LogP contribution in [0.3, 0.4) is 0 Å². The molecule has 3 atom stereocenters. The smallest absolute Gasteiger partial charge is 0.317 e. The fraction of sp³-hybridized carbons (Fsp3) is 0.632. The van der Waals surface area contributed by atoms with Gasteiger partial charge in [0.15, 0.2) is 0 Å². The van der Waals surface area contributed by atoms with Crippen LogP contribution in [0, 0.1) is 5.92 Å². The van der Waals surface area contributed by atoms with Gasteiger partial charge in [-0.05, 0) is 37.9 Å². The van der Waals surface area contributed by atoms with Crippen LogP contribution in [0.15, 0.2) is 30.3 Å². The summed E-state index contributed by atoms with van der Waals surface area (Å²) in [5.41, 5.74) is 1.15. The van der Waals surface area contributed by atoms with Crippen LogP contribution in [0.1, 0.15) is 31.2 Å². The molecule has 5 heteroatoms. The molecule has 0 aromatic heterocycles. The van der Waals surface area contributed by atoms with E-state index in [1.807, 2.05) is 30.1 Å². The molecule has 1 aromatic carbocycles. The molecule has 5 nitrogen and oxygen atoms in total. The van der Waals surface area contributed by atoms with Gasteiger partial charge >= 0.3 is 6.03 Å². The summed E-state index contributed by atoms with van der Waals surface area (Å²) in [6.07, 6.45) is 1.67. The van der Waals surface area contributed by atoms with Gasteiger partial charge in [0.05, 0.1) is 0 Å². The average Bonchev–Trinajstić information content (AvgIpc) is 2.58. The number of aliphatic hydroxyl groups is 1. The Bertz CT molecular complexity index is 509. The van der Waals surface area contributed by atoms with E-state index in [0.717, 1.165) is 25.1 Å². The lowest BCUT2D eigenvalue weighted by Crippen LogP contribution is -2.52. The van der Waals surface area contributed by atoms with Crippen molar-refractivity contribution in [1.82, 2.24) is 15.1 Å². The third-order valence-corrected chi connectivity index (χ3v) is 5.13. The molecule has 2 N–H and O–H groups in total. The molecule has 134 valence electrons. The van der Waals surface area contributed by atoms with Gasteiger partial charge in [0.2, 0.25) is 0 Å². The van der Waals surface area contributed by atoms with Crippen molar-refractivity contribution >= 4 is 6.03 Å². The normalized spacial score (nSPS) is 22.8. The van der Waals surface area contributed by atoms with Crippen LogP contribution in [0.5, 0.6) is 0 Å². The third kappa shape index (κ3) is 4.95. The maximum Gasteiger partial charge on any atom is 0.317 e. The van der Waals surface area contributed by atoms with Crippen molar-refractivity contribution in [1.29, 1.82) is 0 Å². The molecule has 2 amide bonds. The van der Waals surface area contributed by atoms with Gasteiger partial charge in [0.25, 0.3) is 0 Å². The van der Waals surface area contributed by atoms with E-state index in [0.29, 0.717) is 18.9 Å². The van der Waals surface area contributed by atoms with Crippen molar-refractivity contribution < 1.29 is 9.90 Å². The zero-order valence-corrected chi connectivity index (χ0v) is 15.1. The van der Waals surface area contributed by atoms with E-state index in [2.05, 4.69) is 36.3 Å². The first kappa shape index (κ1) is 18.7. The van der Waals surface area contributed by atoms with E-state index in [4.69, 9.17) is 0 Å². The molecule has 1 heterocycles. The number of benzene rings is 1. The molecule has 1 aliphatic heterocycles. The van der Waals surface area contributed by atoms with Gasteiger partial charge in [-0.25, -0.2) is 4.79 Å². The molecule has 1 aromatic rings. The Labute approximate surface area is 145 Å². The summed E-state index contributed by atoms with van der Waals surface area (Å²) in [5, 5.41) is 12.4. The predicted octanol–water partition coefficient (Wildman–Crippen LogP) is 2.13. The van der Waals surface area contributed by atoms with Gasteiger partial charge in [-0.3, -0.25) is 0 Å². The number of hydrogen-bond acceptors (Lipinski definition) is 3. The number of aliphatic hydroxyl groups excluding tert-OH is 1. The van der Waals surface area contributed by atoms with E-state index >= 15 is 0 Å². The van der Waals surface area contributed by atoms with Crippen molar-refractivity contribution in [2.24, 2.45) is 5.92 Å². The molecule has 3 unspecified atom stereocenters. The van der Waals surface area contributed by atoms with E-state index in [9.17, 15) is 9.90 Å². The second-order valence-electron chi connectivity index (χ2n) is 7.01. The summed E-state index contributed by atoms with van der Waals surface area (Å²) < 4.78 is 0. The first-order valence-electron chi connectivity index (χ1n) is 8.88. The molecule has 1 fully saturated rings. The first-order chi connectivity index (χ1) is 11.5. The van der Waals surface area contributed by atoms with Crippen molar-refractivity contribution in [2.45, 2.75) is 31.7 Å². The highest BCUT2D eigenvalue weighted by atomic mass is 16.3. The number of nitrogens with one attached hydrogen (secondary N) is 1. The fourth-order valence-corrected chi connectivity index (χ4v) is 3.67. The number of piperidine rings is 1. The van der Waals surface area contributed by atoms with Gasteiger partial charge in [-0.15, -0.1) is 0 Å². The van der Waals surface area contributed by atoms with Crippen LogP contribution in [-0.4, -0.2) is 67.3 Å². The van der Waals surface area contributed by atoms with Crippen LogP contribution in [0.25, 0.3) is 0 Å². The van der Waals surface area contributed by atoms with Crippen LogP contribution in [-0.2, 0) is 0 Å². The highest BCUT2D eigenvalue weighted by Crippen LogP contribution is 2.21. The van der Waals surface area contributed by atoms with E-state index < -0.39 is 0 Å². The van der Waals surface area contributed by atoms with E-state index in [-0.39, 0.29) is 24.6 Å². The van der Waals surface area contributed by atoms with Gasteiger partial charge in [0.1, 0.15) is 0 Å². The van der Waals surface area contributed by atoms with Crippen molar-refractivity contribution in [3.8, 4) is 0 Å². The third-order valence-electron chi connectivity index (χ3n) is 5.13. The Balaban J connectivity index is 1.90. The Kier molecular flexibility index (Phi) is 7.06. The Hall–Kier alpha value is -1.59. The van der Waals surface area contributed by atoms with Crippen molar-refractivity contribution in [3.05, 3.63) is 35.9 Å². The highest BCUT2D eigenvalue weighted by Gasteiger charge is 2.30. The summed E-state index contributed by atoms with van der Waals surface area (Å²) in [7, 11) is 4.03. The minimum Gasteiger partial charge on any atom is -0.396 e. The zero-order valence-electron chi connectivity index (χ0n) is 15.1. The fourth-order valence-electron chi connectivity index (χ4n) is 3.67. The molecule has 1 saturated heterocycles. The lowest BCUT2D eigenvalue weighted by molar-refractivity contribution is 0.107. The molecule has 2 rings (SSSR count). The standard InChI is InChI=1S/C19H31N3O2/c1-15-14-21(2)11-9-18(15)22(3)19(24)20-13-17(10-12-23)16-7-5-4-6-8-16/h4-8,15,17-18,23H,9-14H2,1-3H3,(H,20,24). The van der Waals surface area contributed by atoms with Crippen LogP contribution in [0.4, 0.5) is 4.79 Å². The van der Waals surface area contributed by atoms with Crippen LogP contribution >= 0.6 is 0 Å². The number of carbonyl (C=O) groups is 1. The molecule has 0 spiro atoms. The Morgan fingerprint density at radius 2 is 2.12 bits per heavy atom. The van der Waals surface area contributed by atoms with Gasteiger partial charge in [0, 0.05) is 38.7 Å². The number of hydrogen-bond donors (Lipinski definition) is 2. The SMILES string of the molecule is CC1CN(C)CCC1N(C)C(=O)NCC(CCO)c1ccccc1. The monoisotopic (exact) mass is 333 g/mol. The quantitative estimate of drug-likeness (QED) is 0.838. The summed E-state index contributed by atoms with van der Waals surface area (Å²) in [4.78, 5) is 16.7. The number of likely N-dealkylation sites (tertiary alicyclic amines) is 1. The summed E-state index contributed by atoms with van der Waals surface area (Å²) >= 11 is 0. The molecule has 1 aliphatic rings. The molecule has 0 saturated carbocycles. The molecular formula is C19H31N3O2. The number of urea groups is 1. The molecular weight excluding hydrogens is 302 g/mol. The maximum absolute atomic E-state index is 12.5. The second kappa shape index (κ2) is 9.04. The lowest BCUT2D eigenvalue weighted by Gasteiger charge is -2.40. The maximum atomic E-state index is 12.5.